The second-order valence-electron chi connectivity index (χ2n) is 5.28. The number of oxime groups is 1. The van der Waals surface area contributed by atoms with Crippen LogP contribution in [0.1, 0.15) is 12.5 Å². The molecule has 0 spiro atoms. The number of amides is 1. The van der Waals surface area contributed by atoms with Crippen molar-refractivity contribution in [3.05, 3.63) is 42.1 Å². The van der Waals surface area contributed by atoms with Gasteiger partial charge >= 0.3 is 12.2 Å². The Morgan fingerprint density at radius 3 is 2.61 bits per heavy atom. The minimum atomic E-state index is -4.54. The van der Waals surface area contributed by atoms with Gasteiger partial charge in [0, 0.05) is 19.3 Å². The summed E-state index contributed by atoms with van der Waals surface area (Å²) >= 11 is 0. The lowest BCUT2D eigenvalue weighted by Crippen LogP contribution is -2.31. The Hall–Kier alpha value is -3.37. The number of ether oxygens (including phenoxy) is 2. The van der Waals surface area contributed by atoms with E-state index in [2.05, 4.69) is 20.4 Å². The fourth-order valence-corrected chi connectivity index (χ4v) is 1.96. The average molecular weight is 398 g/mol. The summed E-state index contributed by atoms with van der Waals surface area (Å²) in [4.78, 5) is 24.4. The van der Waals surface area contributed by atoms with E-state index >= 15 is 0 Å². The highest BCUT2D eigenvalue weighted by Crippen LogP contribution is 2.27. The fourth-order valence-electron chi connectivity index (χ4n) is 1.96. The molecule has 0 saturated heterocycles. The van der Waals surface area contributed by atoms with Crippen molar-refractivity contribution in [1.82, 2.24) is 15.3 Å². The molecule has 1 heterocycles. The Kier molecular flexibility index (Phi) is 6.74. The Morgan fingerprint density at radius 2 is 1.96 bits per heavy atom. The molecule has 28 heavy (non-hydrogen) atoms. The third-order valence-corrected chi connectivity index (χ3v) is 3.33. The molecule has 1 atom stereocenters. The van der Waals surface area contributed by atoms with Crippen LogP contribution in [0.25, 0.3) is 0 Å². The third kappa shape index (κ3) is 5.32. The predicted molar refractivity (Wildman–Crippen MR) is 92.3 cm³/mol. The summed E-state index contributed by atoms with van der Waals surface area (Å²) in [6, 6.07) is 7.23. The van der Waals surface area contributed by atoms with Crippen molar-refractivity contribution >= 4 is 11.6 Å². The van der Waals surface area contributed by atoms with Gasteiger partial charge in [0.2, 0.25) is 5.88 Å². The number of alkyl halides is 3. The quantitative estimate of drug-likeness (QED) is 0.569. The molecular formula is C17H17F3N4O4. The number of carbonyl (C=O) groups excluding carboxylic acids is 1. The Morgan fingerprint density at radius 1 is 1.25 bits per heavy atom. The SMILES string of the molecule is CNC(=O)C(=NOC)c1ccccc1Oc1nccc(OC(C)C(F)(F)F)n1. The number of nitrogens with one attached hydrogen (secondary N) is 1. The Bertz CT molecular complexity index is 858. The van der Waals surface area contributed by atoms with Gasteiger partial charge in [-0.3, -0.25) is 4.79 Å². The first-order valence-corrected chi connectivity index (χ1v) is 7.93. The van der Waals surface area contributed by atoms with E-state index in [0.29, 0.717) is 0 Å². The van der Waals surface area contributed by atoms with Crippen molar-refractivity contribution in [2.24, 2.45) is 5.16 Å². The van der Waals surface area contributed by atoms with Crippen molar-refractivity contribution in [1.29, 1.82) is 0 Å². The van der Waals surface area contributed by atoms with Gasteiger partial charge in [0.25, 0.3) is 5.91 Å². The topological polar surface area (TPSA) is 94.9 Å². The maximum Gasteiger partial charge on any atom is 0.425 e. The van der Waals surface area contributed by atoms with Crippen LogP contribution in [0.3, 0.4) is 0 Å². The minimum Gasteiger partial charge on any atom is -0.465 e. The first kappa shape index (κ1) is 20.9. The Labute approximate surface area is 158 Å². The van der Waals surface area contributed by atoms with E-state index in [9.17, 15) is 18.0 Å². The number of hydrogen-bond donors (Lipinski definition) is 1. The number of hydrogen-bond acceptors (Lipinski definition) is 7. The van der Waals surface area contributed by atoms with Crippen molar-refractivity contribution in [3.8, 4) is 17.6 Å². The number of halogens is 3. The van der Waals surface area contributed by atoms with E-state index in [0.717, 1.165) is 6.92 Å². The zero-order valence-corrected chi connectivity index (χ0v) is 15.1. The lowest BCUT2D eigenvalue weighted by atomic mass is 10.1. The maximum atomic E-state index is 12.6. The number of nitrogens with zero attached hydrogens (tertiary/aromatic N) is 3. The molecule has 1 aromatic heterocycles. The van der Waals surface area contributed by atoms with Crippen LogP contribution in [0.4, 0.5) is 13.2 Å². The van der Waals surface area contributed by atoms with Gasteiger partial charge in [-0.25, -0.2) is 4.98 Å². The molecule has 8 nitrogen and oxygen atoms in total. The number of carbonyl (C=O) groups is 1. The molecule has 0 aliphatic carbocycles. The monoisotopic (exact) mass is 398 g/mol. The molecule has 150 valence electrons. The van der Waals surface area contributed by atoms with Crippen LogP contribution in [0.15, 0.2) is 41.7 Å². The van der Waals surface area contributed by atoms with Gasteiger partial charge < -0.3 is 19.6 Å². The van der Waals surface area contributed by atoms with Crippen LogP contribution in [0.2, 0.25) is 0 Å². The summed E-state index contributed by atoms with van der Waals surface area (Å²) in [6.45, 7) is 0.856. The number of benzene rings is 1. The first-order chi connectivity index (χ1) is 13.3. The van der Waals surface area contributed by atoms with Gasteiger partial charge in [-0.05, 0) is 19.1 Å². The van der Waals surface area contributed by atoms with Crippen LogP contribution >= 0.6 is 0 Å². The summed E-state index contributed by atoms with van der Waals surface area (Å²) in [6.07, 6.45) is -5.42. The van der Waals surface area contributed by atoms with Gasteiger partial charge in [-0.2, -0.15) is 18.2 Å². The molecule has 2 rings (SSSR count). The summed E-state index contributed by atoms with van der Waals surface area (Å²) < 4.78 is 48.2. The van der Waals surface area contributed by atoms with Gasteiger partial charge in [0.15, 0.2) is 11.8 Å². The Balaban J connectivity index is 2.31. The fraction of sp³-hybridized carbons (Fsp3) is 0.294. The molecule has 1 unspecified atom stereocenters. The molecule has 2 aromatic rings. The maximum absolute atomic E-state index is 12.6. The number of aromatic nitrogens is 2. The first-order valence-electron chi connectivity index (χ1n) is 7.93. The standard InChI is InChI=1S/C17H17F3N4O4/c1-10(17(18,19)20)27-13-8-9-22-16(23-13)28-12-7-5-4-6-11(12)14(24-26-3)15(25)21-2/h4-10H,1-3H3,(H,21,25). The summed E-state index contributed by atoms with van der Waals surface area (Å²) in [5, 5.41) is 6.11. The minimum absolute atomic E-state index is 0.0706. The molecule has 1 aromatic carbocycles. The molecule has 0 bridgehead atoms. The lowest BCUT2D eigenvalue weighted by Gasteiger charge is -2.17. The van der Waals surface area contributed by atoms with Crippen molar-refractivity contribution in [3.63, 3.8) is 0 Å². The molecule has 0 aliphatic rings. The van der Waals surface area contributed by atoms with Gasteiger partial charge in [-0.15, -0.1) is 0 Å². The zero-order valence-electron chi connectivity index (χ0n) is 15.1. The largest absolute Gasteiger partial charge is 0.465 e. The van der Waals surface area contributed by atoms with E-state index < -0.39 is 18.2 Å². The van der Waals surface area contributed by atoms with E-state index in [4.69, 9.17) is 14.3 Å². The number of rotatable bonds is 7. The molecular weight excluding hydrogens is 381 g/mol. The van der Waals surface area contributed by atoms with Crippen LogP contribution < -0.4 is 14.8 Å². The molecule has 1 N–H and O–H groups in total. The molecule has 1 amide bonds. The molecule has 0 saturated carbocycles. The van der Waals surface area contributed by atoms with Crippen molar-refractivity contribution in [2.75, 3.05) is 14.2 Å². The highest BCUT2D eigenvalue weighted by molar-refractivity contribution is 6.45. The molecule has 0 radical (unpaired) electrons. The summed E-state index contributed by atoms with van der Waals surface area (Å²) in [7, 11) is 2.70. The normalized spacial score (nSPS) is 12.9. The van der Waals surface area contributed by atoms with Crippen LogP contribution in [0.5, 0.6) is 17.6 Å². The number of para-hydroxylation sites is 1. The van der Waals surface area contributed by atoms with E-state index in [1.165, 1.54) is 32.5 Å². The molecule has 11 heteroatoms. The predicted octanol–water partition coefficient (Wildman–Crippen LogP) is 2.70. The van der Waals surface area contributed by atoms with Gasteiger partial charge in [0.05, 0.1) is 5.56 Å². The third-order valence-electron chi connectivity index (χ3n) is 3.33. The lowest BCUT2D eigenvalue weighted by molar-refractivity contribution is -0.190. The van der Waals surface area contributed by atoms with Crippen LogP contribution in [-0.4, -0.2) is 48.0 Å². The van der Waals surface area contributed by atoms with Crippen LogP contribution in [-0.2, 0) is 9.63 Å². The second-order valence-corrected chi connectivity index (χ2v) is 5.28. The number of likely N-dealkylation sites (N-methyl/N-ethyl adjacent to an activating group) is 1. The van der Waals surface area contributed by atoms with Gasteiger partial charge in [-0.1, -0.05) is 17.3 Å². The highest BCUT2D eigenvalue weighted by Gasteiger charge is 2.38. The molecule has 0 fully saturated rings. The van der Waals surface area contributed by atoms with Crippen molar-refractivity contribution in [2.45, 2.75) is 19.2 Å². The smallest absolute Gasteiger partial charge is 0.425 e. The van der Waals surface area contributed by atoms with E-state index in [-0.39, 0.29) is 28.9 Å². The second kappa shape index (κ2) is 9.02. The highest BCUT2D eigenvalue weighted by atomic mass is 19.4. The molecule has 0 aliphatic heterocycles. The summed E-state index contributed by atoms with van der Waals surface area (Å²) in [5.41, 5.74) is 0.195. The van der Waals surface area contributed by atoms with E-state index in [1.807, 2.05) is 0 Å². The van der Waals surface area contributed by atoms with Crippen molar-refractivity contribution < 1.29 is 32.3 Å². The van der Waals surface area contributed by atoms with E-state index in [1.54, 1.807) is 18.2 Å². The summed E-state index contributed by atoms with van der Waals surface area (Å²) in [5.74, 6) is -0.706. The average Bonchev–Trinajstić information content (AvgIpc) is 2.66. The zero-order chi connectivity index (χ0) is 20.7. The van der Waals surface area contributed by atoms with Crippen LogP contribution in [0, 0.1) is 0 Å². The van der Waals surface area contributed by atoms with Gasteiger partial charge in [0.1, 0.15) is 12.9 Å².